The first kappa shape index (κ1) is 42.9. The number of azide groups is 1. The molecule has 0 bridgehead atoms. The molecule has 5 amide bonds. The monoisotopic (exact) mass is 782 g/mol. The Morgan fingerprint density at radius 3 is 2.12 bits per heavy atom. The number of hydrogen-bond acceptors (Lipinski definition) is 8. The Hall–Kier alpha value is -6.88. The summed E-state index contributed by atoms with van der Waals surface area (Å²) in [5, 5.41) is 15.4. The number of carbonyl (C=O) groups is 5. The van der Waals surface area contributed by atoms with E-state index in [0.29, 0.717) is 37.1 Å². The minimum atomic E-state index is -1.20. The molecule has 0 aliphatic heterocycles. The lowest BCUT2D eigenvalue weighted by Crippen LogP contribution is -2.59. The Morgan fingerprint density at radius 1 is 0.737 bits per heavy atom. The van der Waals surface area contributed by atoms with E-state index in [-0.39, 0.29) is 56.9 Å². The summed E-state index contributed by atoms with van der Waals surface area (Å²) in [4.78, 5) is 84.4. The molecule has 4 rings (SSSR count). The van der Waals surface area contributed by atoms with Crippen LogP contribution in [0.4, 0.5) is 0 Å². The molecule has 0 radical (unpaired) electrons. The van der Waals surface area contributed by atoms with Gasteiger partial charge < -0.3 is 48.4 Å². The van der Waals surface area contributed by atoms with Crippen molar-refractivity contribution >= 4 is 46.4 Å². The number of benzene rings is 2. The largest absolute Gasteiger partial charge is 0.370 e. The highest BCUT2D eigenvalue weighted by atomic mass is 16.2. The molecule has 19 nitrogen and oxygen atoms in total. The molecule has 302 valence electrons. The number of nitrogens with two attached hydrogens (primary N) is 3. The highest BCUT2D eigenvalue weighted by molar-refractivity contribution is 5.96. The zero-order valence-electron chi connectivity index (χ0n) is 31.5. The van der Waals surface area contributed by atoms with Gasteiger partial charge in [0.2, 0.25) is 29.5 Å². The molecule has 0 aliphatic rings. The lowest BCUT2D eigenvalue weighted by atomic mass is 10.0. The number of aromatic nitrogens is 3. The molecule has 2 aromatic heterocycles. The number of aromatic amines is 2. The van der Waals surface area contributed by atoms with E-state index in [9.17, 15) is 24.0 Å². The molecule has 0 aliphatic carbocycles. The van der Waals surface area contributed by atoms with Gasteiger partial charge in [-0.2, -0.15) is 0 Å². The van der Waals surface area contributed by atoms with Crippen LogP contribution in [0.3, 0.4) is 0 Å². The van der Waals surface area contributed by atoms with Gasteiger partial charge in [0.05, 0.1) is 6.33 Å². The van der Waals surface area contributed by atoms with Crippen molar-refractivity contribution in [2.24, 2.45) is 27.3 Å². The fourth-order valence-electron chi connectivity index (χ4n) is 6.17. The number of primary amides is 1. The third kappa shape index (κ3) is 14.4. The zero-order valence-corrected chi connectivity index (χ0v) is 31.5. The first-order chi connectivity index (χ1) is 27.5. The summed E-state index contributed by atoms with van der Waals surface area (Å²) in [6.45, 7) is 0.479. The first-order valence-electron chi connectivity index (χ1n) is 18.7. The number of H-pyrrole nitrogens is 2. The van der Waals surface area contributed by atoms with Crippen molar-refractivity contribution in [2.75, 3.05) is 13.1 Å². The zero-order chi connectivity index (χ0) is 41.0. The highest BCUT2D eigenvalue weighted by Gasteiger charge is 2.32. The van der Waals surface area contributed by atoms with Crippen molar-refractivity contribution in [3.8, 4) is 0 Å². The quantitative estimate of drug-likeness (QED) is 0.0124. The number of fused-ring (bicyclic) bond motifs is 1. The van der Waals surface area contributed by atoms with Crippen molar-refractivity contribution in [2.45, 2.75) is 82.0 Å². The number of unbranched alkanes of at least 4 members (excludes halogenated alkanes) is 2. The molecule has 0 saturated heterocycles. The molecule has 12 N–H and O–H groups in total. The Kier molecular flexibility index (Phi) is 16.9. The van der Waals surface area contributed by atoms with Crippen LogP contribution in [0, 0.1) is 0 Å². The molecule has 0 saturated carbocycles. The van der Waals surface area contributed by atoms with Gasteiger partial charge in [-0.05, 0) is 48.4 Å². The van der Waals surface area contributed by atoms with Gasteiger partial charge in [-0.3, -0.25) is 29.0 Å². The maximum atomic E-state index is 14.2. The van der Waals surface area contributed by atoms with Crippen molar-refractivity contribution < 1.29 is 24.0 Å². The van der Waals surface area contributed by atoms with E-state index in [4.69, 9.17) is 22.7 Å². The highest BCUT2D eigenvalue weighted by Crippen LogP contribution is 2.19. The standard InChI is InChI=1S/C38H50N14O5/c39-34(54)30(19-25-21-45-28-13-7-6-12-27(25)28)50-35(55)29(14-9-16-44-38(40)41)49-36(56)31(18-24-10-3-1-4-11-24)51-37(57)32(20-26-22-43-23-46-26)48-33(53)15-5-2-8-17-47-52-42/h1,3-4,6-7,10-13,21-23,29-32,45H,2,5,8-9,14-20H2,(H2,39,54)(H,43,46)(H,48,53)(H,49,56)(H,50,55)(H,51,57)(H4,40,41,44)/t29-,30-,31+,32-/m0/s1. The van der Waals surface area contributed by atoms with E-state index >= 15 is 0 Å². The van der Waals surface area contributed by atoms with Crippen LogP contribution < -0.4 is 38.5 Å². The normalized spacial score (nSPS) is 12.9. The molecule has 2 heterocycles. The second-order valence-corrected chi connectivity index (χ2v) is 13.5. The number of imidazole rings is 1. The van der Waals surface area contributed by atoms with E-state index in [1.807, 2.05) is 30.3 Å². The number of aliphatic imine (C=N–C) groups is 1. The van der Waals surface area contributed by atoms with E-state index in [1.54, 1.807) is 30.5 Å². The minimum Gasteiger partial charge on any atom is -0.370 e. The number of guanidine groups is 1. The minimum absolute atomic E-state index is 0.0428. The maximum absolute atomic E-state index is 14.2. The molecule has 4 atom stereocenters. The van der Waals surface area contributed by atoms with Gasteiger partial charge >= 0.3 is 0 Å². The van der Waals surface area contributed by atoms with Crippen LogP contribution in [0.15, 0.2) is 83.4 Å². The van der Waals surface area contributed by atoms with Crippen LogP contribution in [0.5, 0.6) is 0 Å². The summed E-state index contributed by atoms with van der Waals surface area (Å²) >= 11 is 0. The van der Waals surface area contributed by atoms with Crippen molar-refractivity contribution in [3.63, 3.8) is 0 Å². The van der Waals surface area contributed by atoms with Crippen LogP contribution in [0.25, 0.3) is 21.3 Å². The van der Waals surface area contributed by atoms with Gasteiger partial charge in [0.15, 0.2) is 5.96 Å². The number of hydrogen-bond donors (Lipinski definition) is 9. The Labute approximate surface area is 329 Å². The number of nitrogens with zero attached hydrogens (tertiary/aromatic N) is 5. The molecule has 19 heteroatoms. The molecular formula is C38H50N14O5. The second kappa shape index (κ2) is 22.5. The van der Waals surface area contributed by atoms with Crippen LogP contribution in [0.2, 0.25) is 0 Å². The Bertz CT molecular complexity index is 2010. The molecule has 0 fully saturated rings. The van der Waals surface area contributed by atoms with Crippen LogP contribution >= 0.6 is 0 Å². The molecule has 57 heavy (non-hydrogen) atoms. The first-order valence-corrected chi connectivity index (χ1v) is 18.7. The third-order valence-electron chi connectivity index (χ3n) is 9.11. The predicted octanol–water partition coefficient (Wildman–Crippen LogP) is 1.27. The average molecular weight is 783 g/mol. The molecule has 0 unspecified atom stereocenters. The van der Waals surface area contributed by atoms with E-state index in [2.05, 4.69) is 51.2 Å². The number of carbonyl (C=O) groups excluding carboxylic acids is 5. The number of para-hydroxylation sites is 1. The molecule has 2 aromatic carbocycles. The lowest BCUT2D eigenvalue weighted by molar-refractivity contribution is -0.134. The molecule has 0 spiro atoms. The van der Waals surface area contributed by atoms with E-state index in [1.165, 1.54) is 12.5 Å². The maximum Gasteiger partial charge on any atom is 0.243 e. The summed E-state index contributed by atoms with van der Waals surface area (Å²) in [7, 11) is 0. The summed E-state index contributed by atoms with van der Waals surface area (Å²) in [5.74, 6) is -3.29. The lowest BCUT2D eigenvalue weighted by Gasteiger charge is -2.26. The second-order valence-electron chi connectivity index (χ2n) is 13.5. The number of nitrogens with one attached hydrogen (secondary N) is 6. The van der Waals surface area contributed by atoms with Gasteiger partial charge in [0, 0.05) is 72.7 Å². The van der Waals surface area contributed by atoms with Gasteiger partial charge in [0.25, 0.3) is 0 Å². The fourth-order valence-corrected chi connectivity index (χ4v) is 6.17. The smallest absolute Gasteiger partial charge is 0.243 e. The average Bonchev–Trinajstić information content (AvgIpc) is 3.87. The van der Waals surface area contributed by atoms with Gasteiger partial charge in [0.1, 0.15) is 24.2 Å². The van der Waals surface area contributed by atoms with Crippen molar-refractivity contribution in [1.82, 2.24) is 36.2 Å². The topological polar surface area (TPSA) is 317 Å². The van der Waals surface area contributed by atoms with E-state index < -0.39 is 47.8 Å². The summed E-state index contributed by atoms with van der Waals surface area (Å²) in [5.41, 5.74) is 28.1. The van der Waals surface area contributed by atoms with Gasteiger partial charge in [-0.1, -0.05) is 60.1 Å². The molecule has 4 aromatic rings. The van der Waals surface area contributed by atoms with Crippen LogP contribution in [0.1, 0.15) is 55.3 Å². The third-order valence-corrected chi connectivity index (χ3v) is 9.11. The predicted molar refractivity (Wildman–Crippen MR) is 214 cm³/mol. The summed E-state index contributed by atoms with van der Waals surface area (Å²) < 4.78 is 0. The van der Waals surface area contributed by atoms with Crippen LogP contribution in [-0.2, 0) is 43.2 Å². The SMILES string of the molecule is [N-]=[N+]=NCCCCCC(=O)N[C@@H](Cc1cnc[nH]1)C(=O)N[C@H](Cc1ccccc1)C(=O)N[C@@H](CCCN=C(N)N)C(=O)N[C@@H](Cc1c[nH]c2ccccc12)C(N)=O. The van der Waals surface area contributed by atoms with Gasteiger partial charge in [-0.25, -0.2) is 4.98 Å². The van der Waals surface area contributed by atoms with E-state index in [0.717, 1.165) is 16.5 Å². The Morgan fingerprint density at radius 2 is 1.42 bits per heavy atom. The number of rotatable bonds is 24. The van der Waals surface area contributed by atoms with Crippen molar-refractivity contribution in [1.29, 1.82) is 0 Å². The van der Waals surface area contributed by atoms with Crippen LogP contribution in [-0.4, -0.2) is 87.7 Å². The molecular weight excluding hydrogens is 733 g/mol. The number of amides is 5. The van der Waals surface area contributed by atoms with Gasteiger partial charge in [-0.15, -0.1) is 0 Å². The fraction of sp³-hybridized carbons (Fsp3) is 0.395. The Balaban J connectivity index is 1.53. The summed E-state index contributed by atoms with van der Waals surface area (Å²) in [6.07, 6.45) is 7.15. The summed E-state index contributed by atoms with van der Waals surface area (Å²) in [6, 6.07) is 11.9. The van der Waals surface area contributed by atoms with Crippen molar-refractivity contribution in [3.05, 3.63) is 101 Å².